The first kappa shape index (κ1) is 21.3. The highest BCUT2D eigenvalue weighted by Crippen LogP contribution is 2.22. The van der Waals surface area contributed by atoms with Crippen molar-refractivity contribution in [3.05, 3.63) is 81.1 Å². The lowest BCUT2D eigenvalue weighted by molar-refractivity contribution is 0.0955. The summed E-state index contributed by atoms with van der Waals surface area (Å²) in [6.07, 6.45) is 0. The van der Waals surface area contributed by atoms with Crippen LogP contribution < -0.4 is 10.1 Å². The Morgan fingerprint density at radius 2 is 1.79 bits per heavy atom. The van der Waals surface area contributed by atoms with Crippen molar-refractivity contribution in [3.63, 3.8) is 0 Å². The van der Waals surface area contributed by atoms with E-state index in [2.05, 4.69) is 15.2 Å². The molecule has 0 spiro atoms. The number of halogens is 2. The van der Waals surface area contributed by atoms with Crippen LogP contribution in [0.15, 0.2) is 69.3 Å². The largest absolute Gasteiger partial charge is 0.279 e. The summed E-state index contributed by atoms with van der Waals surface area (Å²) in [5.41, 5.74) is 4.28. The van der Waals surface area contributed by atoms with Gasteiger partial charge in [0.05, 0.1) is 10.7 Å². The first-order valence-electron chi connectivity index (χ1n) is 8.23. The van der Waals surface area contributed by atoms with Gasteiger partial charge in [-0.2, -0.15) is 5.10 Å². The minimum absolute atomic E-state index is 0.213. The standard InChI is InChI=1S/C19H15Cl2N3O3S2/c1-12(16-9-6-14(20)11-17(16)21)22-23-19(25)13-4-7-15(8-5-13)24-29(26,27)18-3-2-10-28-18/h2-11,24H,1H3,(H,23,25). The van der Waals surface area contributed by atoms with E-state index in [1.54, 1.807) is 36.6 Å². The van der Waals surface area contributed by atoms with Gasteiger partial charge in [-0.05, 0) is 54.8 Å². The Labute approximate surface area is 182 Å². The number of hydrogen-bond acceptors (Lipinski definition) is 5. The molecule has 0 aliphatic heterocycles. The number of carbonyl (C=O) groups excluding carboxylic acids is 1. The fourth-order valence-electron chi connectivity index (χ4n) is 2.35. The second-order valence-electron chi connectivity index (χ2n) is 5.88. The maximum atomic E-state index is 12.3. The maximum absolute atomic E-state index is 12.3. The van der Waals surface area contributed by atoms with Crippen molar-refractivity contribution in [1.82, 2.24) is 5.43 Å². The lowest BCUT2D eigenvalue weighted by Crippen LogP contribution is -2.19. The molecule has 0 unspecified atom stereocenters. The third-order valence-corrected chi connectivity index (χ3v) is 7.13. The molecule has 0 bridgehead atoms. The van der Waals surface area contributed by atoms with Crippen LogP contribution >= 0.6 is 34.5 Å². The van der Waals surface area contributed by atoms with Gasteiger partial charge in [-0.25, -0.2) is 13.8 Å². The maximum Gasteiger partial charge on any atom is 0.271 e. The van der Waals surface area contributed by atoms with Crippen molar-refractivity contribution in [3.8, 4) is 0 Å². The molecule has 0 radical (unpaired) electrons. The summed E-state index contributed by atoms with van der Waals surface area (Å²) in [7, 11) is -3.64. The predicted molar refractivity (Wildman–Crippen MR) is 118 cm³/mol. The Balaban J connectivity index is 1.67. The second kappa shape index (κ2) is 8.96. The van der Waals surface area contributed by atoms with E-state index in [-0.39, 0.29) is 4.21 Å². The van der Waals surface area contributed by atoms with Crippen molar-refractivity contribution < 1.29 is 13.2 Å². The van der Waals surface area contributed by atoms with Gasteiger partial charge < -0.3 is 0 Å². The summed E-state index contributed by atoms with van der Waals surface area (Å²) >= 11 is 13.1. The average molecular weight is 468 g/mol. The Morgan fingerprint density at radius 3 is 2.41 bits per heavy atom. The number of sulfonamides is 1. The van der Waals surface area contributed by atoms with E-state index in [0.717, 1.165) is 11.3 Å². The molecule has 1 heterocycles. The van der Waals surface area contributed by atoms with E-state index in [4.69, 9.17) is 23.2 Å². The summed E-state index contributed by atoms with van der Waals surface area (Å²) in [4.78, 5) is 12.3. The molecule has 3 rings (SSSR count). The topological polar surface area (TPSA) is 87.6 Å². The van der Waals surface area contributed by atoms with E-state index < -0.39 is 15.9 Å². The van der Waals surface area contributed by atoms with Gasteiger partial charge in [0.2, 0.25) is 0 Å². The summed E-state index contributed by atoms with van der Waals surface area (Å²) in [5, 5.41) is 6.67. The number of rotatable bonds is 6. The molecule has 6 nitrogen and oxygen atoms in total. The summed E-state index contributed by atoms with van der Waals surface area (Å²) in [6.45, 7) is 1.71. The lowest BCUT2D eigenvalue weighted by atomic mass is 10.1. The van der Waals surface area contributed by atoms with E-state index in [1.807, 2.05) is 0 Å². The van der Waals surface area contributed by atoms with Crippen LogP contribution in [0, 0.1) is 0 Å². The molecule has 3 aromatic rings. The van der Waals surface area contributed by atoms with Crippen molar-refractivity contribution in [2.75, 3.05) is 4.72 Å². The molecule has 150 valence electrons. The third-order valence-electron chi connectivity index (χ3n) is 3.81. The van der Waals surface area contributed by atoms with Crippen molar-refractivity contribution in [2.45, 2.75) is 11.1 Å². The molecule has 29 heavy (non-hydrogen) atoms. The van der Waals surface area contributed by atoms with Gasteiger partial charge in [0.15, 0.2) is 0 Å². The minimum Gasteiger partial charge on any atom is -0.279 e. The second-order valence-corrected chi connectivity index (χ2v) is 9.58. The highest BCUT2D eigenvalue weighted by atomic mass is 35.5. The number of carbonyl (C=O) groups is 1. The minimum atomic E-state index is -3.64. The van der Waals surface area contributed by atoms with Crippen molar-refractivity contribution >= 4 is 61.9 Å². The molecule has 2 N–H and O–H groups in total. The van der Waals surface area contributed by atoms with Crippen LogP contribution in [0.25, 0.3) is 0 Å². The van der Waals surface area contributed by atoms with E-state index in [0.29, 0.717) is 32.6 Å². The van der Waals surface area contributed by atoms with Gasteiger partial charge in [-0.1, -0.05) is 35.3 Å². The van der Waals surface area contributed by atoms with Gasteiger partial charge >= 0.3 is 0 Å². The number of amides is 1. The number of nitrogens with zero attached hydrogens (tertiary/aromatic N) is 1. The van der Waals surface area contributed by atoms with Crippen LogP contribution in [0.1, 0.15) is 22.8 Å². The molecule has 10 heteroatoms. The molecule has 0 saturated carbocycles. The predicted octanol–water partition coefficient (Wildman–Crippen LogP) is 5.01. The molecule has 2 aromatic carbocycles. The van der Waals surface area contributed by atoms with E-state index >= 15 is 0 Å². The Bertz CT molecular complexity index is 1160. The van der Waals surface area contributed by atoms with Crippen LogP contribution in [0.4, 0.5) is 5.69 Å². The molecule has 1 aromatic heterocycles. The zero-order valence-corrected chi connectivity index (χ0v) is 18.2. The fraction of sp³-hybridized carbons (Fsp3) is 0.0526. The highest BCUT2D eigenvalue weighted by molar-refractivity contribution is 7.94. The van der Waals surface area contributed by atoms with Crippen LogP contribution in [0.5, 0.6) is 0 Å². The smallest absolute Gasteiger partial charge is 0.271 e. The molecule has 0 atom stereocenters. The fourth-order valence-corrected chi connectivity index (χ4v) is 4.95. The normalized spacial score (nSPS) is 11.9. The number of nitrogens with one attached hydrogen (secondary N) is 2. The molecule has 0 saturated heterocycles. The summed E-state index contributed by atoms with van der Waals surface area (Å²) < 4.78 is 27.1. The number of benzene rings is 2. The molecular formula is C19H15Cl2N3O3S2. The van der Waals surface area contributed by atoms with Crippen LogP contribution in [0.2, 0.25) is 10.0 Å². The van der Waals surface area contributed by atoms with E-state index in [9.17, 15) is 13.2 Å². The molecule has 0 aliphatic carbocycles. The van der Waals surface area contributed by atoms with Gasteiger partial charge in [-0.3, -0.25) is 9.52 Å². The first-order valence-corrected chi connectivity index (χ1v) is 11.3. The average Bonchev–Trinajstić information content (AvgIpc) is 3.22. The van der Waals surface area contributed by atoms with Crippen molar-refractivity contribution in [2.24, 2.45) is 5.10 Å². The van der Waals surface area contributed by atoms with Crippen LogP contribution in [-0.2, 0) is 10.0 Å². The van der Waals surface area contributed by atoms with E-state index in [1.165, 1.54) is 30.3 Å². The highest BCUT2D eigenvalue weighted by Gasteiger charge is 2.15. The van der Waals surface area contributed by atoms with Gasteiger partial charge in [0.1, 0.15) is 4.21 Å². The van der Waals surface area contributed by atoms with Gasteiger partial charge in [0.25, 0.3) is 15.9 Å². The Morgan fingerprint density at radius 1 is 1.07 bits per heavy atom. The third kappa shape index (κ3) is 5.36. The lowest BCUT2D eigenvalue weighted by Gasteiger charge is -2.08. The first-order chi connectivity index (χ1) is 13.8. The monoisotopic (exact) mass is 467 g/mol. The van der Waals surface area contributed by atoms with Gasteiger partial charge in [-0.15, -0.1) is 11.3 Å². The summed E-state index contributed by atoms with van der Waals surface area (Å²) in [5.74, 6) is -0.443. The number of hydrazone groups is 1. The molecule has 1 amide bonds. The zero-order chi connectivity index (χ0) is 21.0. The van der Waals surface area contributed by atoms with Gasteiger partial charge in [0, 0.05) is 21.8 Å². The number of anilines is 1. The molecular weight excluding hydrogens is 453 g/mol. The zero-order valence-electron chi connectivity index (χ0n) is 15.0. The Hall–Kier alpha value is -2.39. The van der Waals surface area contributed by atoms with Crippen molar-refractivity contribution in [1.29, 1.82) is 0 Å². The number of thiophene rings is 1. The molecule has 0 fully saturated rings. The SMILES string of the molecule is CC(=NNC(=O)c1ccc(NS(=O)(=O)c2cccs2)cc1)c1ccc(Cl)cc1Cl. The quantitative estimate of drug-likeness (QED) is 0.394. The van der Waals surface area contributed by atoms with Crippen LogP contribution in [0.3, 0.4) is 0 Å². The molecule has 0 aliphatic rings. The summed E-state index contributed by atoms with van der Waals surface area (Å²) in [6, 6.07) is 14.2. The van der Waals surface area contributed by atoms with Crippen LogP contribution in [-0.4, -0.2) is 20.0 Å². The number of hydrogen-bond donors (Lipinski definition) is 2. The Kier molecular flexibility index (Phi) is 6.59.